The molecule has 1 saturated heterocycles. The van der Waals surface area contributed by atoms with Gasteiger partial charge in [0.05, 0.1) is 10.5 Å². The van der Waals surface area contributed by atoms with Crippen LogP contribution in [0.4, 0.5) is 5.82 Å². The molecule has 19 heavy (non-hydrogen) atoms. The van der Waals surface area contributed by atoms with E-state index in [0.29, 0.717) is 6.04 Å². The zero-order valence-corrected chi connectivity index (χ0v) is 12.4. The molecule has 2 aromatic heterocycles. The van der Waals surface area contributed by atoms with E-state index >= 15 is 0 Å². The van der Waals surface area contributed by atoms with Gasteiger partial charge >= 0.3 is 0 Å². The van der Waals surface area contributed by atoms with E-state index in [0.717, 1.165) is 36.2 Å². The van der Waals surface area contributed by atoms with Gasteiger partial charge in [-0.05, 0) is 47.3 Å². The molecule has 0 bridgehead atoms. The minimum atomic E-state index is 0.381. The molecule has 100 valence electrons. The van der Waals surface area contributed by atoms with Crippen molar-refractivity contribution < 1.29 is 0 Å². The summed E-state index contributed by atoms with van der Waals surface area (Å²) in [7, 11) is 0. The van der Waals surface area contributed by atoms with Crippen LogP contribution in [-0.2, 0) is 0 Å². The van der Waals surface area contributed by atoms with Crippen molar-refractivity contribution in [1.29, 1.82) is 0 Å². The van der Waals surface area contributed by atoms with Gasteiger partial charge in [0.1, 0.15) is 18.5 Å². The molecule has 5 nitrogen and oxygen atoms in total. The maximum atomic E-state index is 4.55. The molecule has 6 heteroatoms. The lowest BCUT2D eigenvalue weighted by Crippen LogP contribution is -2.37. The molecule has 1 fully saturated rings. The predicted octanol–water partition coefficient (Wildman–Crippen LogP) is 2.59. The third kappa shape index (κ3) is 2.63. The fraction of sp³-hybridized carbons (Fsp3) is 0.462. The Labute approximate surface area is 120 Å². The van der Waals surface area contributed by atoms with Crippen LogP contribution in [0.25, 0.3) is 0 Å². The molecule has 1 aliphatic rings. The van der Waals surface area contributed by atoms with Gasteiger partial charge in [-0.2, -0.15) is 5.10 Å². The summed E-state index contributed by atoms with van der Waals surface area (Å²) in [6, 6.07) is 2.49. The number of aryl methyl sites for hydroxylation is 1. The number of halogens is 1. The third-order valence-electron chi connectivity index (χ3n) is 3.47. The summed E-state index contributed by atoms with van der Waals surface area (Å²) in [5.74, 6) is 1.02. The highest BCUT2D eigenvalue weighted by molar-refractivity contribution is 9.10. The summed E-state index contributed by atoms with van der Waals surface area (Å²) in [6.07, 6.45) is 7.60. The summed E-state index contributed by atoms with van der Waals surface area (Å²) in [4.78, 5) is 10.9. The second-order valence-corrected chi connectivity index (χ2v) is 5.79. The Morgan fingerprint density at radius 2 is 2.32 bits per heavy atom. The Morgan fingerprint density at radius 3 is 3.05 bits per heavy atom. The molecule has 0 aliphatic carbocycles. The molecule has 3 heterocycles. The van der Waals surface area contributed by atoms with E-state index in [1.165, 1.54) is 5.56 Å². The fourth-order valence-corrected chi connectivity index (χ4v) is 3.24. The molecule has 0 radical (unpaired) electrons. The topological polar surface area (TPSA) is 46.8 Å². The number of piperidine rings is 1. The molecule has 0 N–H and O–H groups in total. The molecular weight excluding hydrogens is 306 g/mol. The zero-order valence-electron chi connectivity index (χ0n) is 10.8. The van der Waals surface area contributed by atoms with Gasteiger partial charge in [0.25, 0.3) is 0 Å². The molecule has 3 rings (SSSR count). The van der Waals surface area contributed by atoms with Gasteiger partial charge in [-0.15, -0.1) is 0 Å². The van der Waals surface area contributed by atoms with Crippen molar-refractivity contribution in [3.63, 3.8) is 0 Å². The van der Waals surface area contributed by atoms with Crippen LogP contribution < -0.4 is 4.90 Å². The summed E-state index contributed by atoms with van der Waals surface area (Å²) in [6.45, 7) is 4.02. The van der Waals surface area contributed by atoms with E-state index in [2.05, 4.69) is 48.9 Å². The number of anilines is 1. The van der Waals surface area contributed by atoms with Crippen LogP contribution in [0.3, 0.4) is 0 Å². The first-order valence-electron chi connectivity index (χ1n) is 6.45. The second-order valence-electron chi connectivity index (χ2n) is 4.94. The Bertz CT molecular complexity index is 554. The monoisotopic (exact) mass is 321 g/mol. The van der Waals surface area contributed by atoms with Crippen molar-refractivity contribution in [3.05, 3.63) is 35.0 Å². The number of pyridine rings is 1. The first-order valence-corrected chi connectivity index (χ1v) is 7.24. The summed E-state index contributed by atoms with van der Waals surface area (Å²) >= 11 is 3.61. The molecule has 0 spiro atoms. The molecule has 1 atom stereocenters. The van der Waals surface area contributed by atoms with Crippen LogP contribution in [0.5, 0.6) is 0 Å². The van der Waals surface area contributed by atoms with Gasteiger partial charge in [-0.3, -0.25) is 0 Å². The van der Waals surface area contributed by atoms with Gasteiger partial charge in [-0.1, -0.05) is 0 Å². The van der Waals surface area contributed by atoms with Gasteiger partial charge < -0.3 is 4.90 Å². The highest BCUT2D eigenvalue weighted by Crippen LogP contribution is 2.29. The fourth-order valence-electron chi connectivity index (χ4n) is 2.53. The quantitative estimate of drug-likeness (QED) is 0.853. The minimum absolute atomic E-state index is 0.381. The molecule has 1 aliphatic heterocycles. The van der Waals surface area contributed by atoms with Crippen molar-refractivity contribution in [2.24, 2.45) is 0 Å². The van der Waals surface area contributed by atoms with E-state index in [4.69, 9.17) is 0 Å². The molecule has 1 unspecified atom stereocenters. The second kappa shape index (κ2) is 5.28. The van der Waals surface area contributed by atoms with Crippen LogP contribution in [0.1, 0.15) is 24.4 Å². The highest BCUT2D eigenvalue weighted by Gasteiger charge is 2.23. The van der Waals surface area contributed by atoms with E-state index in [1.807, 2.05) is 10.9 Å². The van der Waals surface area contributed by atoms with Crippen LogP contribution in [0.2, 0.25) is 0 Å². The van der Waals surface area contributed by atoms with Crippen LogP contribution in [-0.4, -0.2) is 32.8 Å². The van der Waals surface area contributed by atoms with Gasteiger partial charge in [0.2, 0.25) is 0 Å². The summed E-state index contributed by atoms with van der Waals surface area (Å²) in [5, 5.41) is 4.25. The van der Waals surface area contributed by atoms with Crippen molar-refractivity contribution in [2.45, 2.75) is 25.8 Å². The van der Waals surface area contributed by atoms with Crippen molar-refractivity contribution >= 4 is 21.7 Å². The van der Waals surface area contributed by atoms with E-state index in [-0.39, 0.29) is 0 Å². The van der Waals surface area contributed by atoms with Crippen molar-refractivity contribution in [3.8, 4) is 0 Å². The Kier molecular flexibility index (Phi) is 3.50. The molecule has 0 amide bonds. The van der Waals surface area contributed by atoms with Crippen molar-refractivity contribution in [2.75, 3.05) is 18.0 Å². The maximum absolute atomic E-state index is 4.55. The SMILES string of the molecule is Cc1cnc(N2CCCC(n3cncn3)C2)c(Br)c1. The van der Waals surface area contributed by atoms with Gasteiger partial charge in [-0.25, -0.2) is 14.6 Å². The smallest absolute Gasteiger partial charge is 0.142 e. The first-order chi connectivity index (χ1) is 9.24. The molecule has 2 aromatic rings. The largest absolute Gasteiger partial charge is 0.354 e. The maximum Gasteiger partial charge on any atom is 0.142 e. The van der Waals surface area contributed by atoms with Crippen LogP contribution in [0, 0.1) is 6.92 Å². The summed E-state index contributed by atoms with van der Waals surface area (Å²) < 4.78 is 3.01. The number of hydrogen-bond acceptors (Lipinski definition) is 4. The average molecular weight is 322 g/mol. The number of nitrogens with zero attached hydrogens (tertiary/aromatic N) is 5. The predicted molar refractivity (Wildman–Crippen MR) is 77.2 cm³/mol. The minimum Gasteiger partial charge on any atom is -0.354 e. The highest BCUT2D eigenvalue weighted by atomic mass is 79.9. The summed E-state index contributed by atoms with van der Waals surface area (Å²) in [5.41, 5.74) is 1.17. The zero-order chi connectivity index (χ0) is 13.2. The Hall–Kier alpha value is -1.43. The van der Waals surface area contributed by atoms with Gasteiger partial charge in [0, 0.05) is 19.3 Å². The van der Waals surface area contributed by atoms with E-state index in [9.17, 15) is 0 Å². The lowest BCUT2D eigenvalue weighted by Gasteiger charge is -2.34. The number of aromatic nitrogens is 4. The van der Waals surface area contributed by atoms with Gasteiger partial charge in [0.15, 0.2) is 0 Å². The van der Waals surface area contributed by atoms with Crippen LogP contribution >= 0.6 is 15.9 Å². The Morgan fingerprint density at radius 1 is 1.42 bits per heavy atom. The van der Waals surface area contributed by atoms with E-state index < -0.39 is 0 Å². The number of hydrogen-bond donors (Lipinski definition) is 0. The van der Waals surface area contributed by atoms with E-state index in [1.54, 1.807) is 12.7 Å². The Balaban J connectivity index is 1.81. The lowest BCUT2D eigenvalue weighted by atomic mass is 10.1. The average Bonchev–Trinajstić information content (AvgIpc) is 2.93. The molecule has 0 aromatic carbocycles. The first kappa shape index (κ1) is 12.6. The van der Waals surface area contributed by atoms with Crippen molar-refractivity contribution in [1.82, 2.24) is 19.7 Å². The standard InChI is InChI=1S/C13H16BrN5/c1-10-5-12(14)13(16-6-10)18-4-2-3-11(7-18)19-9-15-8-17-19/h5-6,8-9,11H,2-4,7H2,1H3. The normalized spacial score (nSPS) is 19.7. The lowest BCUT2D eigenvalue weighted by molar-refractivity contribution is 0.374. The number of rotatable bonds is 2. The van der Waals surface area contributed by atoms with Crippen LogP contribution in [0.15, 0.2) is 29.4 Å². The third-order valence-corrected chi connectivity index (χ3v) is 4.05. The molecular formula is C13H16BrN5. The molecule has 0 saturated carbocycles.